The highest BCUT2D eigenvalue weighted by Crippen LogP contribution is 2.22. The number of aromatic nitrogens is 1. The summed E-state index contributed by atoms with van der Waals surface area (Å²) in [6.45, 7) is 7.06. The van der Waals surface area contributed by atoms with Crippen LogP contribution < -0.4 is 10.6 Å². The quantitative estimate of drug-likeness (QED) is 0.357. The number of benzene rings is 1. The number of carboxylic acids is 1. The molecule has 0 unspecified atom stereocenters. The maximum absolute atomic E-state index is 13.5. The second-order valence-electron chi connectivity index (χ2n) is 10.4. The van der Waals surface area contributed by atoms with Gasteiger partial charge in [0.15, 0.2) is 6.04 Å². The van der Waals surface area contributed by atoms with Crippen LogP contribution in [0.1, 0.15) is 46.1 Å². The number of nitrogens with zero attached hydrogens (tertiary/aromatic N) is 1. The summed E-state index contributed by atoms with van der Waals surface area (Å²) in [6, 6.07) is 5.40. The SMILES string of the molecule is C[C@H](O)[C@H](NC(=O)C1CCN(C(=O)[C@H](Cc2c[nH]c3ccccc23)NC(=O)OC(C)(C)C)CC1)C(=O)O. The molecule has 5 N–H and O–H groups in total. The molecule has 37 heavy (non-hydrogen) atoms. The number of aliphatic carboxylic acids is 1. The molecule has 1 fully saturated rings. The molecule has 0 spiro atoms. The number of carbonyl (C=O) groups is 4. The molecule has 0 saturated carbocycles. The number of likely N-dealkylation sites (tertiary alicyclic amines) is 1. The van der Waals surface area contributed by atoms with E-state index in [4.69, 9.17) is 4.74 Å². The number of alkyl carbamates (subject to hydrolysis) is 1. The first-order valence-corrected chi connectivity index (χ1v) is 12.4. The second kappa shape index (κ2) is 11.6. The molecular formula is C26H36N4O7. The van der Waals surface area contributed by atoms with Gasteiger partial charge in [0.25, 0.3) is 0 Å². The monoisotopic (exact) mass is 516 g/mol. The van der Waals surface area contributed by atoms with Crippen molar-refractivity contribution in [2.45, 2.75) is 70.7 Å². The molecule has 2 aromatic rings. The van der Waals surface area contributed by atoms with E-state index < -0.39 is 47.7 Å². The average Bonchev–Trinajstić information content (AvgIpc) is 3.23. The number of hydrogen-bond donors (Lipinski definition) is 5. The molecule has 1 aliphatic heterocycles. The Kier molecular flexibility index (Phi) is 8.80. The summed E-state index contributed by atoms with van der Waals surface area (Å²) in [6.07, 6.45) is 0.785. The highest BCUT2D eigenvalue weighted by molar-refractivity contribution is 5.89. The molecule has 3 amide bonds. The summed E-state index contributed by atoms with van der Waals surface area (Å²) in [5.74, 6) is -2.56. The molecule has 11 heteroatoms. The molecule has 0 radical (unpaired) electrons. The second-order valence-corrected chi connectivity index (χ2v) is 10.4. The number of hydrogen-bond acceptors (Lipinski definition) is 6. The zero-order valence-corrected chi connectivity index (χ0v) is 21.6. The van der Waals surface area contributed by atoms with Gasteiger partial charge in [-0.25, -0.2) is 9.59 Å². The average molecular weight is 517 g/mol. The van der Waals surface area contributed by atoms with Crippen LogP contribution in [0.4, 0.5) is 4.79 Å². The highest BCUT2D eigenvalue weighted by Gasteiger charge is 2.34. The van der Waals surface area contributed by atoms with Crippen molar-refractivity contribution in [3.8, 4) is 0 Å². The molecule has 1 aromatic heterocycles. The molecule has 11 nitrogen and oxygen atoms in total. The Bertz CT molecular complexity index is 1130. The predicted molar refractivity (Wildman–Crippen MR) is 136 cm³/mol. The van der Waals surface area contributed by atoms with E-state index in [1.54, 1.807) is 25.7 Å². The van der Waals surface area contributed by atoms with Gasteiger partial charge in [-0.05, 0) is 52.2 Å². The molecule has 2 heterocycles. The van der Waals surface area contributed by atoms with Gasteiger partial charge in [0.2, 0.25) is 11.8 Å². The number of nitrogens with one attached hydrogen (secondary N) is 3. The van der Waals surface area contributed by atoms with Gasteiger partial charge in [0, 0.05) is 42.5 Å². The first-order valence-electron chi connectivity index (χ1n) is 12.4. The lowest BCUT2D eigenvalue weighted by Crippen LogP contribution is -2.54. The lowest BCUT2D eigenvalue weighted by Gasteiger charge is -2.34. The van der Waals surface area contributed by atoms with Gasteiger partial charge in [0.05, 0.1) is 6.10 Å². The number of rotatable bonds is 8. The molecule has 1 saturated heterocycles. The number of ether oxygens (including phenoxy) is 1. The molecule has 3 rings (SSSR count). The summed E-state index contributed by atoms with van der Waals surface area (Å²) < 4.78 is 5.39. The van der Waals surface area contributed by atoms with Gasteiger partial charge in [-0.3, -0.25) is 9.59 Å². The Hall–Kier alpha value is -3.60. The van der Waals surface area contributed by atoms with Crippen molar-refractivity contribution in [1.29, 1.82) is 0 Å². The van der Waals surface area contributed by atoms with Gasteiger partial charge in [0.1, 0.15) is 11.6 Å². The zero-order valence-electron chi connectivity index (χ0n) is 21.6. The molecule has 3 atom stereocenters. The van der Waals surface area contributed by atoms with E-state index in [2.05, 4.69) is 15.6 Å². The Morgan fingerprint density at radius 1 is 1.14 bits per heavy atom. The Morgan fingerprint density at radius 3 is 2.38 bits per heavy atom. The van der Waals surface area contributed by atoms with Crippen molar-refractivity contribution in [3.05, 3.63) is 36.0 Å². The van der Waals surface area contributed by atoms with Gasteiger partial charge in [-0.1, -0.05) is 18.2 Å². The summed E-state index contributed by atoms with van der Waals surface area (Å²) in [4.78, 5) is 54.7. The Labute approximate surface area is 215 Å². The van der Waals surface area contributed by atoms with Crippen LogP contribution in [-0.4, -0.2) is 80.9 Å². The lowest BCUT2D eigenvalue weighted by molar-refractivity contribution is -0.146. The normalized spacial score (nSPS) is 17.1. The fourth-order valence-electron chi connectivity index (χ4n) is 4.41. The number of para-hydroxylation sites is 1. The highest BCUT2D eigenvalue weighted by atomic mass is 16.6. The number of piperidine rings is 1. The minimum atomic E-state index is -1.40. The summed E-state index contributed by atoms with van der Waals surface area (Å²) in [5, 5.41) is 24.9. The molecular weight excluding hydrogens is 480 g/mol. The van der Waals surface area contributed by atoms with E-state index >= 15 is 0 Å². The number of H-pyrrole nitrogens is 1. The van der Waals surface area contributed by atoms with Gasteiger partial charge >= 0.3 is 12.1 Å². The largest absolute Gasteiger partial charge is 0.480 e. The number of carbonyl (C=O) groups excluding carboxylic acids is 3. The lowest BCUT2D eigenvalue weighted by atomic mass is 9.94. The number of amides is 3. The standard InChI is InChI=1S/C26H36N4O7/c1-15(31)21(24(34)35)29-22(32)16-9-11-30(12-10-16)23(33)20(28-25(36)37-26(2,3)4)13-17-14-27-19-8-6-5-7-18(17)19/h5-8,14-16,20-21,27,31H,9-13H2,1-4H3,(H,28,36)(H,29,32)(H,34,35)/t15-,20-,21-/m0/s1. The minimum absolute atomic E-state index is 0.247. The molecule has 0 aliphatic carbocycles. The van der Waals surface area contributed by atoms with Crippen LogP contribution in [0.25, 0.3) is 10.9 Å². The van der Waals surface area contributed by atoms with E-state index in [0.717, 1.165) is 16.5 Å². The van der Waals surface area contributed by atoms with Crippen LogP contribution in [-0.2, 0) is 25.5 Å². The number of aliphatic hydroxyl groups excluding tert-OH is 1. The third-order valence-electron chi connectivity index (χ3n) is 6.31. The van der Waals surface area contributed by atoms with Crippen LogP contribution in [0.3, 0.4) is 0 Å². The van der Waals surface area contributed by atoms with E-state index in [1.807, 2.05) is 30.5 Å². The summed E-state index contributed by atoms with van der Waals surface area (Å²) >= 11 is 0. The number of aliphatic hydroxyl groups is 1. The van der Waals surface area contributed by atoms with Crippen molar-refractivity contribution < 1.29 is 34.1 Å². The van der Waals surface area contributed by atoms with Crippen LogP contribution in [0.2, 0.25) is 0 Å². The first kappa shape index (κ1) is 28.0. The zero-order chi connectivity index (χ0) is 27.3. The molecule has 1 aromatic carbocycles. The fraction of sp³-hybridized carbons (Fsp3) is 0.538. The van der Waals surface area contributed by atoms with Crippen molar-refractivity contribution in [3.63, 3.8) is 0 Å². The van der Waals surface area contributed by atoms with Gasteiger partial charge < -0.3 is 35.5 Å². The van der Waals surface area contributed by atoms with Crippen molar-refractivity contribution in [2.24, 2.45) is 5.92 Å². The smallest absolute Gasteiger partial charge is 0.408 e. The third-order valence-corrected chi connectivity index (χ3v) is 6.31. The summed E-state index contributed by atoms with van der Waals surface area (Å²) in [5.41, 5.74) is 1.06. The van der Waals surface area contributed by atoms with E-state index in [9.17, 15) is 29.4 Å². The van der Waals surface area contributed by atoms with E-state index in [1.165, 1.54) is 6.92 Å². The maximum atomic E-state index is 13.5. The number of aromatic amines is 1. The van der Waals surface area contributed by atoms with Crippen molar-refractivity contribution >= 4 is 34.8 Å². The van der Waals surface area contributed by atoms with Crippen LogP contribution in [0.15, 0.2) is 30.5 Å². The van der Waals surface area contributed by atoms with Crippen LogP contribution in [0, 0.1) is 5.92 Å². The Morgan fingerprint density at radius 2 is 1.78 bits per heavy atom. The van der Waals surface area contributed by atoms with Crippen molar-refractivity contribution in [1.82, 2.24) is 20.5 Å². The first-order chi connectivity index (χ1) is 17.4. The molecule has 1 aliphatic rings. The van der Waals surface area contributed by atoms with Crippen LogP contribution >= 0.6 is 0 Å². The third kappa shape index (κ3) is 7.45. The topological polar surface area (TPSA) is 161 Å². The van der Waals surface area contributed by atoms with Crippen molar-refractivity contribution in [2.75, 3.05) is 13.1 Å². The van der Waals surface area contributed by atoms with E-state index in [0.29, 0.717) is 12.8 Å². The molecule has 0 bridgehead atoms. The summed E-state index contributed by atoms with van der Waals surface area (Å²) in [7, 11) is 0. The van der Waals surface area contributed by atoms with Gasteiger partial charge in [-0.15, -0.1) is 0 Å². The van der Waals surface area contributed by atoms with Crippen LogP contribution in [0.5, 0.6) is 0 Å². The number of carboxylic acid groups (broad SMARTS) is 1. The minimum Gasteiger partial charge on any atom is -0.480 e. The predicted octanol–water partition coefficient (Wildman–Crippen LogP) is 1.79. The number of fused-ring (bicyclic) bond motifs is 1. The van der Waals surface area contributed by atoms with Gasteiger partial charge in [-0.2, -0.15) is 0 Å². The maximum Gasteiger partial charge on any atom is 0.408 e. The van der Waals surface area contributed by atoms with E-state index in [-0.39, 0.29) is 25.4 Å². The fourth-order valence-corrected chi connectivity index (χ4v) is 4.41. The Balaban J connectivity index is 1.69. The molecule has 202 valence electrons.